The van der Waals surface area contributed by atoms with Gasteiger partial charge in [-0.25, -0.2) is 17.6 Å². The molecule has 1 aromatic carbocycles. The van der Waals surface area contributed by atoms with Crippen LogP contribution in [0.4, 0.5) is 17.6 Å². The molecule has 37 heavy (non-hydrogen) atoms. The highest BCUT2D eigenvalue weighted by Crippen LogP contribution is 2.41. The predicted molar refractivity (Wildman–Crippen MR) is 129 cm³/mol. The molecular weight excluding hydrogens is 584 g/mol. The van der Waals surface area contributed by atoms with Gasteiger partial charge in [0.05, 0.1) is 38.4 Å². The number of fused-ring (bicyclic) bond motifs is 1. The van der Waals surface area contributed by atoms with Crippen molar-refractivity contribution in [2.75, 3.05) is 39.5 Å². The lowest BCUT2D eigenvalue weighted by Crippen LogP contribution is -2.50. The standard InChI is InChI=1S/C24H26BrClF4N4O3/c25-18-19(26)21-17-22(20(18)30)37-16(36-11-24-4-2-5-33(24)8-13(27)7-24)10-32(9-14(28)29)23(17)34(12-31-21)15-3-1-6-35-15/h10,13-15H,1-9,11-12H2/t13-,15?,24+/m1/s1. The molecule has 3 saturated heterocycles. The van der Waals surface area contributed by atoms with E-state index in [9.17, 15) is 13.2 Å². The summed E-state index contributed by atoms with van der Waals surface area (Å²) in [5.41, 5.74) is -0.504. The van der Waals surface area contributed by atoms with Crippen molar-refractivity contribution < 1.29 is 31.8 Å². The van der Waals surface area contributed by atoms with Gasteiger partial charge < -0.3 is 24.0 Å². The molecule has 1 unspecified atom stereocenters. The van der Waals surface area contributed by atoms with Crippen molar-refractivity contribution >= 4 is 33.4 Å². The Labute approximate surface area is 224 Å². The fraction of sp³-hybridized carbons (Fsp3) is 0.625. The van der Waals surface area contributed by atoms with Gasteiger partial charge in [-0.2, -0.15) is 0 Å². The molecule has 7 nitrogen and oxygen atoms in total. The van der Waals surface area contributed by atoms with E-state index in [4.69, 9.17) is 25.8 Å². The Balaban J connectivity index is 1.45. The van der Waals surface area contributed by atoms with Crippen LogP contribution in [0.2, 0.25) is 5.02 Å². The summed E-state index contributed by atoms with van der Waals surface area (Å²) >= 11 is 9.63. The van der Waals surface area contributed by atoms with Crippen LogP contribution in [-0.2, 0) is 9.47 Å². The van der Waals surface area contributed by atoms with Crippen molar-refractivity contribution in [1.82, 2.24) is 14.7 Å². The van der Waals surface area contributed by atoms with Gasteiger partial charge in [-0.3, -0.25) is 9.89 Å². The number of benzene rings is 1. The molecule has 0 amide bonds. The highest BCUT2D eigenvalue weighted by atomic mass is 79.9. The fourth-order valence-corrected chi connectivity index (χ4v) is 6.71. The topological polar surface area (TPSA) is 49.8 Å². The summed E-state index contributed by atoms with van der Waals surface area (Å²) in [5.74, 6) is -0.922. The molecule has 0 spiro atoms. The highest BCUT2D eigenvalue weighted by molar-refractivity contribution is 9.10. The van der Waals surface area contributed by atoms with E-state index in [0.29, 0.717) is 26.0 Å². The number of rotatable bonds is 6. The zero-order valence-electron chi connectivity index (χ0n) is 19.9. The number of halogens is 6. The number of alkyl halides is 3. The van der Waals surface area contributed by atoms with Crippen molar-refractivity contribution in [2.24, 2.45) is 4.99 Å². The monoisotopic (exact) mass is 608 g/mol. The number of hydrogen-bond donors (Lipinski definition) is 0. The van der Waals surface area contributed by atoms with Gasteiger partial charge >= 0.3 is 5.95 Å². The van der Waals surface area contributed by atoms with Crippen LogP contribution in [0.15, 0.2) is 21.6 Å². The largest absolute Gasteiger partial charge is 0.462 e. The van der Waals surface area contributed by atoms with E-state index in [1.165, 1.54) is 11.1 Å². The molecule has 1 aromatic rings. The summed E-state index contributed by atoms with van der Waals surface area (Å²) in [6.07, 6.45) is 0.656. The Morgan fingerprint density at radius 2 is 2.16 bits per heavy atom. The molecule has 0 bridgehead atoms. The van der Waals surface area contributed by atoms with Crippen molar-refractivity contribution in [3.05, 3.63) is 38.0 Å². The van der Waals surface area contributed by atoms with Crippen LogP contribution in [0.25, 0.3) is 5.82 Å². The highest BCUT2D eigenvalue weighted by Gasteiger charge is 2.49. The number of hydrogen-bond acceptors (Lipinski definition) is 7. The molecule has 6 rings (SSSR count). The van der Waals surface area contributed by atoms with Crippen molar-refractivity contribution in [3.63, 3.8) is 0 Å². The average molecular weight is 610 g/mol. The zero-order chi connectivity index (χ0) is 25.9. The first kappa shape index (κ1) is 25.5. The van der Waals surface area contributed by atoms with Crippen LogP contribution < -0.4 is 15.3 Å². The maximum absolute atomic E-state index is 15.6. The SMILES string of the molecule is Fc1c(Br)c(Cl)c2c3c1OC(OC[C@@]14CCCN1C[C@H](F)C4)=CN(CC(F)F)C=3N(C1CCCO1)CN=2. The second-order valence-corrected chi connectivity index (χ2v) is 11.2. The molecule has 5 aliphatic heterocycles. The van der Waals surface area contributed by atoms with Crippen molar-refractivity contribution in [3.8, 4) is 5.75 Å². The van der Waals surface area contributed by atoms with Gasteiger partial charge in [-0.05, 0) is 48.2 Å². The number of ether oxygens (including phenoxy) is 3. The molecule has 202 valence electrons. The van der Waals surface area contributed by atoms with Crippen molar-refractivity contribution in [2.45, 2.75) is 56.5 Å². The van der Waals surface area contributed by atoms with Gasteiger partial charge in [0.15, 0.2) is 11.6 Å². The van der Waals surface area contributed by atoms with E-state index in [1.807, 2.05) is 0 Å². The van der Waals surface area contributed by atoms with Crippen LogP contribution in [0.5, 0.6) is 5.75 Å². The Bertz CT molecular complexity index is 1250. The van der Waals surface area contributed by atoms with E-state index in [2.05, 4.69) is 25.8 Å². The van der Waals surface area contributed by atoms with Crippen LogP contribution in [0.3, 0.4) is 0 Å². The van der Waals surface area contributed by atoms with E-state index in [0.717, 1.165) is 25.8 Å². The minimum absolute atomic E-state index is 0.0196. The summed E-state index contributed by atoms with van der Waals surface area (Å²) in [4.78, 5) is 9.64. The van der Waals surface area contributed by atoms with Crippen molar-refractivity contribution in [1.29, 1.82) is 0 Å². The second-order valence-electron chi connectivity index (χ2n) is 10.0. The molecule has 5 aliphatic rings. The predicted octanol–water partition coefficient (Wildman–Crippen LogP) is 3.69. The Kier molecular flexibility index (Phi) is 6.73. The maximum atomic E-state index is 15.6. The van der Waals surface area contributed by atoms with Gasteiger partial charge in [0.2, 0.25) is 0 Å². The summed E-state index contributed by atoms with van der Waals surface area (Å²) in [5, 5.41) is 0.416. The normalized spacial score (nSPS) is 29.2. The Morgan fingerprint density at radius 3 is 2.92 bits per heavy atom. The molecule has 0 aliphatic carbocycles. The first-order chi connectivity index (χ1) is 17.8. The summed E-state index contributed by atoms with van der Waals surface area (Å²) in [6.45, 7) is 1.10. The Hall–Kier alpha value is -1.76. The van der Waals surface area contributed by atoms with E-state index >= 15 is 4.39 Å². The quantitative estimate of drug-likeness (QED) is 0.363. The van der Waals surface area contributed by atoms with Crippen LogP contribution in [0.1, 0.15) is 32.1 Å². The van der Waals surface area contributed by atoms with Crippen LogP contribution >= 0.6 is 27.5 Å². The van der Waals surface area contributed by atoms with Gasteiger partial charge in [0.1, 0.15) is 31.5 Å². The average Bonchev–Trinajstić information content (AvgIpc) is 3.56. The molecule has 3 atom stereocenters. The van der Waals surface area contributed by atoms with E-state index in [-0.39, 0.29) is 50.9 Å². The lowest BCUT2D eigenvalue weighted by molar-refractivity contribution is 0.00119. The zero-order valence-corrected chi connectivity index (χ0v) is 22.2. The molecule has 0 N–H and O–H groups in total. The third kappa shape index (κ3) is 4.37. The van der Waals surface area contributed by atoms with Crippen LogP contribution in [0, 0.1) is 5.82 Å². The molecule has 0 saturated carbocycles. The minimum atomic E-state index is -2.72. The molecule has 0 radical (unpaired) electrons. The maximum Gasteiger partial charge on any atom is 0.302 e. The van der Waals surface area contributed by atoms with Gasteiger partial charge in [-0.15, -0.1) is 0 Å². The molecular formula is C24H26BrClF4N4O3. The third-order valence-corrected chi connectivity index (χ3v) is 9.04. The smallest absolute Gasteiger partial charge is 0.302 e. The second kappa shape index (κ2) is 9.77. The molecule has 3 fully saturated rings. The lowest BCUT2D eigenvalue weighted by Gasteiger charge is -2.37. The van der Waals surface area contributed by atoms with Crippen LogP contribution in [-0.4, -0.2) is 78.6 Å². The molecule has 5 heterocycles. The van der Waals surface area contributed by atoms with E-state index in [1.54, 1.807) is 4.90 Å². The molecule has 13 heteroatoms. The number of nitrogens with zero attached hydrogens (tertiary/aromatic N) is 4. The van der Waals surface area contributed by atoms with Gasteiger partial charge in [-0.1, -0.05) is 11.6 Å². The minimum Gasteiger partial charge on any atom is -0.462 e. The Morgan fingerprint density at radius 1 is 1.32 bits per heavy atom. The van der Waals surface area contributed by atoms with E-state index < -0.39 is 36.7 Å². The van der Waals surface area contributed by atoms with Gasteiger partial charge in [0, 0.05) is 19.6 Å². The molecule has 0 aromatic heterocycles. The summed E-state index contributed by atoms with van der Waals surface area (Å²) in [7, 11) is 0. The fourth-order valence-electron chi connectivity index (χ4n) is 6.10. The lowest BCUT2D eigenvalue weighted by atomic mass is 9.95. The first-order valence-corrected chi connectivity index (χ1v) is 13.5. The first-order valence-electron chi connectivity index (χ1n) is 12.4. The van der Waals surface area contributed by atoms with Gasteiger partial charge in [0.25, 0.3) is 6.43 Å². The summed E-state index contributed by atoms with van der Waals surface area (Å²) < 4.78 is 75.4. The summed E-state index contributed by atoms with van der Waals surface area (Å²) in [6, 6.07) is 0. The third-order valence-electron chi connectivity index (χ3n) is 7.70.